The molecule has 0 bridgehead atoms. The number of carbonyl (C=O) groups excluding carboxylic acids is 1. The molecule has 0 saturated heterocycles. The first-order valence-electron chi connectivity index (χ1n) is 8.68. The molecule has 26 heavy (non-hydrogen) atoms. The number of anilines is 1. The van der Waals surface area contributed by atoms with Gasteiger partial charge >= 0.3 is 0 Å². The molecule has 8 heteroatoms. The van der Waals surface area contributed by atoms with E-state index >= 15 is 0 Å². The van der Waals surface area contributed by atoms with Crippen LogP contribution in [0.1, 0.15) is 41.6 Å². The van der Waals surface area contributed by atoms with E-state index in [1.807, 2.05) is 11.5 Å². The second-order valence-corrected chi connectivity index (χ2v) is 8.06. The Balaban J connectivity index is 1.67. The molecule has 2 aromatic rings. The highest BCUT2D eigenvalue weighted by Crippen LogP contribution is 2.37. The van der Waals surface area contributed by atoms with E-state index in [4.69, 9.17) is 0 Å². The van der Waals surface area contributed by atoms with Gasteiger partial charge in [0, 0.05) is 17.8 Å². The summed E-state index contributed by atoms with van der Waals surface area (Å²) in [5.41, 5.74) is 1.77. The van der Waals surface area contributed by atoms with Gasteiger partial charge in [0.05, 0.1) is 11.3 Å². The number of rotatable bonds is 7. The number of hydrogen-bond donors (Lipinski definition) is 1. The molecule has 0 spiro atoms. The van der Waals surface area contributed by atoms with Crippen LogP contribution in [0, 0.1) is 11.3 Å². The van der Waals surface area contributed by atoms with Crippen molar-refractivity contribution in [2.45, 2.75) is 50.7 Å². The number of amides is 1. The Labute approximate surface area is 161 Å². The van der Waals surface area contributed by atoms with Crippen LogP contribution in [-0.4, -0.2) is 26.4 Å². The van der Waals surface area contributed by atoms with Gasteiger partial charge in [0.25, 0.3) is 0 Å². The first-order chi connectivity index (χ1) is 12.7. The third-order valence-electron chi connectivity index (χ3n) is 4.29. The number of nitrogens with one attached hydrogen (secondary N) is 1. The highest BCUT2D eigenvalue weighted by molar-refractivity contribution is 7.99. The Morgan fingerprint density at radius 1 is 1.46 bits per heavy atom. The number of aryl methyl sites for hydroxylation is 2. The van der Waals surface area contributed by atoms with Gasteiger partial charge in [-0.3, -0.25) is 4.79 Å². The predicted octanol–water partition coefficient (Wildman–Crippen LogP) is 3.57. The smallest absolute Gasteiger partial charge is 0.235 e. The van der Waals surface area contributed by atoms with E-state index in [1.54, 1.807) is 17.4 Å². The van der Waals surface area contributed by atoms with Crippen LogP contribution in [0.3, 0.4) is 0 Å². The number of nitriles is 1. The van der Waals surface area contributed by atoms with Crippen molar-refractivity contribution in [1.29, 1.82) is 5.26 Å². The Morgan fingerprint density at radius 2 is 2.27 bits per heavy atom. The number of carbonyl (C=O) groups is 1. The minimum Gasteiger partial charge on any atom is -0.316 e. The van der Waals surface area contributed by atoms with Crippen LogP contribution in [0.4, 0.5) is 5.00 Å². The largest absolute Gasteiger partial charge is 0.316 e. The Bertz CT molecular complexity index is 862. The Morgan fingerprint density at radius 3 is 3.00 bits per heavy atom. The summed E-state index contributed by atoms with van der Waals surface area (Å²) in [7, 11) is 0. The maximum absolute atomic E-state index is 12.4. The van der Waals surface area contributed by atoms with Crippen LogP contribution >= 0.6 is 23.1 Å². The summed E-state index contributed by atoms with van der Waals surface area (Å²) < 4.78 is 1.97. The van der Waals surface area contributed by atoms with Crippen molar-refractivity contribution in [3.8, 4) is 6.07 Å². The van der Waals surface area contributed by atoms with Crippen molar-refractivity contribution in [2.24, 2.45) is 0 Å². The molecule has 1 aliphatic rings. The highest BCUT2D eigenvalue weighted by Gasteiger charge is 2.22. The van der Waals surface area contributed by atoms with Gasteiger partial charge < -0.3 is 9.88 Å². The lowest BCUT2D eigenvalue weighted by Crippen LogP contribution is -2.14. The third-order valence-corrected chi connectivity index (χ3v) is 6.46. The van der Waals surface area contributed by atoms with Gasteiger partial charge in [-0.15, -0.1) is 28.1 Å². The summed E-state index contributed by atoms with van der Waals surface area (Å²) >= 11 is 2.90. The van der Waals surface area contributed by atoms with Crippen LogP contribution in [0.25, 0.3) is 0 Å². The van der Waals surface area contributed by atoms with Crippen LogP contribution in [0.2, 0.25) is 0 Å². The SMILES string of the molecule is C=CCn1c(CC)nnc1SCC(=O)Nc1sc2c(c1C#N)CCCC2. The molecule has 0 aromatic carbocycles. The van der Waals surface area contributed by atoms with E-state index in [9.17, 15) is 10.1 Å². The van der Waals surface area contributed by atoms with Crippen molar-refractivity contribution in [3.63, 3.8) is 0 Å². The van der Waals surface area contributed by atoms with E-state index in [1.165, 1.54) is 16.6 Å². The van der Waals surface area contributed by atoms with E-state index in [0.29, 0.717) is 22.3 Å². The fraction of sp³-hybridized carbons (Fsp3) is 0.444. The number of thioether (sulfide) groups is 1. The molecule has 2 aromatic heterocycles. The first kappa shape index (κ1) is 18.7. The van der Waals surface area contributed by atoms with E-state index < -0.39 is 0 Å². The van der Waals surface area contributed by atoms with Gasteiger partial charge in [-0.25, -0.2) is 0 Å². The molecule has 1 N–H and O–H groups in total. The van der Waals surface area contributed by atoms with Crippen LogP contribution in [0.5, 0.6) is 0 Å². The van der Waals surface area contributed by atoms with Crippen molar-refractivity contribution in [1.82, 2.24) is 14.8 Å². The van der Waals surface area contributed by atoms with Gasteiger partial charge in [0.15, 0.2) is 5.16 Å². The van der Waals surface area contributed by atoms with Gasteiger partial charge in [-0.05, 0) is 31.2 Å². The van der Waals surface area contributed by atoms with Gasteiger partial charge in [0.2, 0.25) is 5.91 Å². The van der Waals surface area contributed by atoms with Gasteiger partial charge in [-0.2, -0.15) is 5.26 Å². The summed E-state index contributed by atoms with van der Waals surface area (Å²) in [6.07, 6.45) is 6.77. The number of fused-ring (bicyclic) bond motifs is 1. The average molecular weight is 388 g/mol. The molecule has 0 fully saturated rings. The molecule has 0 radical (unpaired) electrons. The minimum absolute atomic E-state index is 0.128. The molecule has 6 nitrogen and oxygen atoms in total. The summed E-state index contributed by atoms with van der Waals surface area (Å²) in [4.78, 5) is 13.6. The molecule has 0 saturated carbocycles. The van der Waals surface area contributed by atoms with Crippen LogP contribution < -0.4 is 5.32 Å². The molecule has 0 atom stereocenters. The first-order valence-corrected chi connectivity index (χ1v) is 10.5. The molecule has 0 unspecified atom stereocenters. The summed E-state index contributed by atoms with van der Waals surface area (Å²) in [6, 6.07) is 2.27. The molecular formula is C18H21N5OS2. The van der Waals surface area contributed by atoms with Crippen LogP contribution in [-0.2, 0) is 30.6 Å². The fourth-order valence-corrected chi connectivity index (χ4v) is 5.09. The highest BCUT2D eigenvalue weighted by atomic mass is 32.2. The molecule has 0 aliphatic heterocycles. The fourth-order valence-electron chi connectivity index (χ4n) is 3.06. The molecular weight excluding hydrogens is 366 g/mol. The predicted molar refractivity (Wildman–Crippen MR) is 105 cm³/mol. The minimum atomic E-state index is -0.128. The zero-order chi connectivity index (χ0) is 18.5. The van der Waals surface area contributed by atoms with E-state index in [0.717, 1.165) is 43.5 Å². The quantitative estimate of drug-likeness (QED) is 0.580. The zero-order valence-electron chi connectivity index (χ0n) is 14.7. The lowest BCUT2D eigenvalue weighted by Gasteiger charge is -2.09. The maximum atomic E-state index is 12.4. The summed E-state index contributed by atoms with van der Waals surface area (Å²) in [5.74, 6) is 0.980. The number of nitrogens with zero attached hydrogens (tertiary/aromatic N) is 4. The van der Waals surface area contributed by atoms with Gasteiger partial charge in [0.1, 0.15) is 16.9 Å². The lowest BCUT2D eigenvalue weighted by molar-refractivity contribution is -0.113. The summed E-state index contributed by atoms with van der Waals surface area (Å²) in [6.45, 7) is 6.40. The van der Waals surface area contributed by atoms with Crippen molar-refractivity contribution in [3.05, 3.63) is 34.5 Å². The third kappa shape index (κ3) is 3.84. The summed E-state index contributed by atoms with van der Waals surface area (Å²) in [5, 5.41) is 22.1. The normalized spacial score (nSPS) is 13.1. The zero-order valence-corrected chi connectivity index (χ0v) is 16.4. The molecule has 1 amide bonds. The number of aromatic nitrogens is 3. The number of thiophene rings is 1. The average Bonchev–Trinajstić information content (AvgIpc) is 3.20. The molecule has 2 heterocycles. The standard InChI is InChI=1S/C18H21N5OS2/c1-3-9-23-15(4-2)21-22-18(23)25-11-16(24)20-17-13(10-19)12-7-5-6-8-14(12)26-17/h3H,1,4-9,11H2,2H3,(H,20,24). The second kappa shape index (κ2) is 8.52. The van der Waals surface area contributed by atoms with E-state index in [-0.39, 0.29) is 11.7 Å². The molecule has 3 rings (SSSR count). The number of hydrogen-bond acceptors (Lipinski definition) is 6. The Kier molecular flexibility index (Phi) is 6.12. The van der Waals surface area contributed by atoms with Gasteiger partial charge in [-0.1, -0.05) is 24.8 Å². The van der Waals surface area contributed by atoms with Crippen LogP contribution in [0.15, 0.2) is 17.8 Å². The lowest BCUT2D eigenvalue weighted by atomic mass is 9.96. The number of allylic oxidation sites excluding steroid dienone is 1. The topological polar surface area (TPSA) is 83.6 Å². The second-order valence-electron chi connectivity index (χ2n) is 6.02. The van der Waals surface area contributed by atoms with Crippen molar-refractivity contribution >= 4 is 34.0 Å². The van der Waals surface area contributed by atoms with E-state index in [2.05, 4.69) is 28.2 Å². The molecule has 136 valence electrons. The monoisotopic (exact) mass is 387 g/mol. The van der Waals surface area contributed by atoms with Crippen molar-refractivity contribution < 1.29 is 4.79 Å². The Hall–Kier alpha value is -2.11. The van der Waals surface area contributed by atoms with Crippen molar-refractivity contribution in [2.75, 3.05) is 11.1 Å². The molecule has 1 aliphatic carbocycles. The maximum Gasteiger partial charge on any atom is 0.235 e.